The van der Waals surface area contributed by atoms with E-state index in [0.29, 0.717) is 6.54 Å². The van der Waals surface area contributed by atoms with Gasteiger partial charge in [0.1, 0.15) is 5.76 Å². The van der Waals surface area contributed by atoms with Gasteiger partial charge in [0.25, 0.3) is 0 Å². The van der Waals surface area contributed by atoms with Gasteiger partial charge in [0.05, 0.1) is 12.3 Å². The van der Waals surface area contributed by atoms with Gasteiger partial charge >= 0.3 is 6.03 Å². The predicted molar refractivity (Wildman–Crippen MR) is 80.9 cm³/mol. The summed E-state index contributed by atoms with van der Waals surface area (Å²) in [5.41, 5.74) is 1.24. The molecule has 0 radical (unpaired) electrons. The monoisotopic (exact) mass is 284 g/mol. The fourth-order valence-electron chi connectivity index (χ4n) is 2.85. The molecule has 21 heavy (non-hydrogen) atoms. The molecule has 0 saturated carbocycles. The van der Waals surface area contributed by atoms with Crippen LogP contribution >= 0.6 is 0 Å². The van der Waals surface area contributed by atoms with Crippen molar-refractivity contribution in [3.8, 4) is 0 Å². The fraction of sp³-hybridized carbons (Fsp3) is 0.353. The van der Waals surface area contributed by atoms with Gasteiger partial charge in [-0.1, -0.05) is 30.3 Å². The van der Waals surface area contributed by atoms with Crippen molar-refractivity contribution in [2.75, 3.05) is 13.1 Å². The number of benzene rings is 1. The lowest BCUT2D eigenvalue weighted by Gasteiger charge is -2.23. The van der Waals surface area contributed by atoms with E-state index in [4.69, 9.17) is 4.42 Å². The summed E-state index contributed by atoms with van der Waals surface area (Å²) in [4.78, 5) is 14.2. The van der Waals surface area contributed by atoms with Crippen LogP contribution in [0.1, 0.15) is 30.2 Å². The maximum Gasteiger partial charge on any atom is 0.318 e. The minimum atomic E-state index is 0.00447. The van der Waals surface area contributed by atoms with Gasteiger partial charge in [-0.05, 0) is 37.0 Å². The Hall–Kier alpha value is -2.23. The van der Waals surface area contributed by atoms with Crippen molar-refractivity contribution in [2.45, 2.75) is 25.3 Å². The molecule has 1 N–H and O–H groups in total. The molecule has 0 spiro atoms. The second kappa shape index (κ2) is 6.48. The molecule has 4 nitrogen and oxygen atoms in total. The Balaban J connectivity index is 1.53. The van der Waals surface area contributed by atoms with Gasteiger partial charge in [0.15, 0.2) is 0 Å². The predicted octanol–water partition coefficient (Wildman–Crippen LogP) is 3.37. The van der Waals surface area contributed by atoms with Gasteiger partial charge < -0.3 is 14.6 Å². The fourth-order valence-corrected chi connectivity index (χ4v) is 2.85. The van der Waals surface area contributed by atoms with E-state index in [9.17, 15) is 4.79 Å². The first-order valence-corrected chi connectivity index (χ1v) is 7.46. The van der Waals surface area contributed by atoms with Crippen molar-refractivity contribution < 1.29 is 9.21 Å². The van der Waals surface area contributed by atoms with Crippen molar-refractivity contribution in [2.24, 2.45) is 0 Å². The zero-order valence-corrected chi connectivity index (χ0v) is 12.0. The number of hydrogen-bond donors (Lipinski definition) is 1. The molecular formula is C17H20N2O2. The SMILES string of the molecule is O=C(NCCc1ccccc1)N1CCCC1c1ccco1. The number of likely N-dealkylation sites (tertiary alicyclic amines) is 1. The number of furan rings is 1. The summed E-state index contributed by atoms with van der Waals surface area (Å²) in [6.45, 7) is 1.45. The van der Waals surface area contributed by atoms with Crippen LogP contribution in [0, 0.1) is 0 Å². The molecule has 3 rings (SSSR count). The number of carbonyl (C=O) groups excluding carboxylic acids is 1. The molecule has 1 saturated heterocycles. The molecule has 4 heteroatoms. The van der Waals surface area contributed by atoms with Gasteiger partial charge in [-0.15, -0.1) is 0 Å². The molecule has 1 unspecified atom stereocenters. The summed E-state index contributed by atoms with van der Waals surface area (Å²) in [5.74, 6) is 0.880. The van der Waals surface area contributed by atoms with E-state index < -0.39 is 0 Å². The Kier molecular flexibility index (Phi) is 4.24. The molecule has 1 fully saturated rings. The smallest absolute Gasteiger partial charge is 0.318 e. The summed E-state index contributed by atoms with van der Waals surface area (Å²) in [7, 11) is 0. The van der Waals surface area contributed by atoms with Crippen molar-refractivity contribution in [1.82, 2.24) is 10.2 Å². The number of nitrogens with one attached hydrogen (secondary N) is 1. The molecule has 0 aliphatic carbocycles. The van der Waals surface area contributed by atoms with Crippen LogP contribution in [0.3, 0.4) is 0 Å². The zero-order valence-electron chi connectivity index (χ0n) is 12.0. The van der Waals surface area contributed by atoms with E-state index in [2.05, 4.69) is 17.4 Å². The lowest BCUT2D eigenvalue weighted by Crippen LogP contribution is -2.40. The standard InChI is InChI=1S/C17H20N2O2/c20-17(18-11-10-14-6-2-1-3-7-14)19-12-4-8-15(19)16-9-5-13-21-16/h1-3,5-7,9,13,15H,4,8,10-12H2,(H,18,20). The van der Waals surface area contributed by atoms with Gasteiger partial charge in [0.2, 0.25) is 0 Å². The average molecular weight is 284 g/mol. The van der Waals surface area contributed by atoms with Crippen LogP contribution < -0.4 is 5.32 Å². The average Bonchev–Trinajstić information content (AvgIpc) is 3.19. The van der Waals surface area contributed by atoms with E-state index in [1.807, 2.05) is 35.2 Å². The third-order valence-corrected chi connectivity index (χ3v) is 3.92. The highest BCUT2D eigenvalue weighted by Crippen LogP contribution is 2.31. The molecule has 2 amide bonds. The van der Waals surface area contributed by atoms with Crippen molar-refractivity contribution in [3.63, 3.8) is 0 Å². The first-order valence-electron chi connectivity index (χ1n) is 7.46. The third kappa shape index (κ3) is 3.27. The highest BCUT2D eigenvalue weighted by Gasteiger charge is 2.31. The molecule has 1 aliphatic heterocycles. The molecule has 1 aliphatic rings. The molecule has 110 valence electrons. The summed E-state index contributed by atoms with van der Waals surface area (Å²) in [5, 5.41) is 3.01. The highest BCUT2D eigenvalue weighted by atomic mass is 16.3. The molecule has 1 atom stereocenters. The van der Waals surface area contributed by atoms with Crippen LogP contribution in [0.4, 0.5) is 4.79 Å². The van der Waals surface area contributed by atoms with E-state index in [-0.39, 0.29) is 12.1 Å². The Morgan fingerprint density at radius 3 is 2.86 bits per heavy atom. The topological polar surface area (TPSA) is 45.5 Å². The van der Waals surface area contributed by atoms with Crippen LogP contribution in [0.15, 0.2) is 53.1 Å². The largest absolute Gasteiger partial charge is 0.467 e. The number of carbonyl (C=O) groups is 1. The van der Waals surface area contributed by atoms with Gasteiger partial charge in [-0.25, -0.2) is 4.79 Å². The summed E-state index contributed by atoms with van der Waals surface area (Å²) in [6, 6.07) is 14.1. The van der Waals surface area contributed by atoms with Crippen LogP contribution in [-0.2, 0) is 6.42 Å². The van der Waals surface area contributed by atoms with Crippen molar-refractivity contribution >= 4 is 6.03 Å². The molecule has 2 heterocycles. The number of urea groups is 1. The minimum Gasteiger partial charge on any atom is -0.467 e. The Labute approximate surface area is 124 Å². The van der Waals surface area contributed by atoms with E-state index in [0.717, 1.165) is 31.6 Å². The van der Waals surface area contributed by atoms with Crippen LogP contribution in [0.2, 0.25) is 0 Å². The molecular weight excluding hydrogens is 264 g/mol. The normalized spacial score (nSPS) is 17.9. The molecule has 2 aromatic rings. The van der Waals surface area contributed by atoms with Crippen molar-refractivity contribution in [3.05, 3.63) is 60.1 Å². The zero-order chi connectivity index (χ0) is 14.5. The van der Waals surface area contributed by atoms with Crippen molar-refractivity contribution in [1.29, 1.82) is 0 Å². The molecule has 1 aromatic heterocycles. The second-order valence-electron chi connectivity index (χ2n) is 5.33. The maximum absolute atomic E-state index is 12.3. The summed E-state index contributed by atoms with van der Waals surface area (Å²) < 4.78 is 5.45. The highest BCUT2D eigenvalue weighted by molar-refractivity contribution is 5.75. The third-order valence-electron chi connectivity index (χ3n) is 3.92. The number of hydrogen-bond acceptors (Lipinski definition) is 2. The number of nitrogens with zero attached hydrogens (tertiary/aromatic N) is 1. The minimum absolute atomic E-state index is 0.00447. The molecule has 0 bridgehead atoms. The Morgan fingerprint density at radius 1 is 1.24 bits per heavy atom. The van der Waals surface area contributed by atoms with Crippen LogP contribution in [0.5, 0.6) is 0 Å². The maximum atomic E-state index is 12.3. The lowest BCUT2D eigenvalue weighted by molar-refractivity contribution is 0.186. The quantitative estimate of drug-likeness (QED) is 0.935. The van der Waals surface area contributed by atoms with E-state index in [1.54, 1.807) is 6.26 Å². The first kappa shape index (κ1) is 13.7. The van der Waals surface area contributed by atoms with E-state index in [1.165, 1.54) is 5.56 Å². The van der Waals surface area contributed by atoms with E-state index >= 15 is 0 Å². The Morgan fingerprint density at radius 2 is 2.10 bits per heavy atom. The number of rotatable bonds is 4. The number of amides is 2. The van der Waals surface area contributed by atoms with Gasteiger partial charge in [-0.2, -0.15) is 0 Å². The lowest BCUT2D eigenvalue weighted by atomic mass is 10.1. The summed E-state index contributed by atoms with van der Waals surface area (Å²) in [6.07, 6.45) is 4.52. The van der Waals surface area contributed by atoms with Gasteiger partial charge in [-0.3, -0.25) is 0 Å². The molecule has 1 aromatic carbocycles. The van der Waals surface area contributed by atoms with Gasteiger partial charge in [0, 0.05) is 13.1 Å². The van der Waals surface area contributed by atoms with Crippen LogP contribution in [0.25, 0.3) is 0 Å². The Bertz CT molecular complexity index is 566. The first-order chi connectivity index (χ1) is 10.3. The summed E-state index contributed by atoms with van der Waals surface area (Å²) >= 11 is 0. The second-order valence-corrected chi connectivity index (χ2v) is 5.33. The van der Waals surface area contributed by atoms with Crippen LogP contribution in [-0.4, -0.2) is 24.0 Å².